The molecule has 0 N–H and O–H groups in total. The second-order valence-corrected chi connectivity index (χ2v) is 5.54. The van der Waals surface area contributed by atoms with Crippen LogP contribution in [0.4, 0.5) is 0 Å². The summed E-state index contributed by atoms with van der Waals surface area (Å²) in [5.41, 5.74) is 1.35. The Balaban J connectivity index is 2.57. The molecule has 0 amide bonds. The minimum atomic E-state index is 0.577. The number of halogens is 2. The van der Waals surface area contributed by atoms with Crippen molar-refractivity contribution in [1.29, 1.82) is 0 Å². The maximum Gasteiger partial charge on any atom is 0.0406 e. The van der Waals surface area contributed by atoms with E-state index < -0.39 is 0 Å². The zero-order valence-corrected chi connectivity index (χ0v) is 11.7. The van der Waals surface area contributed by atoms with E-state index in [0.717, 1.165) is 17.4 Å². The van der Waals surface area contributed by atoms with Crippen LogP contribution in [0.15, 0.2) is 24.3 Å². The van der Waals surface area contributed by atoms with Gasteiger partial charge in [-0.25, -0.2) is 0 Å². The topological polar surface area (TPSA) is 0 Å². The van der Waals surface area contributed by atoms with E-state index in [1.54, 1.807) is 0 Å². The highest BCUT2D eigenvalue weighted by atomic mass is 79.9. The third-order valence-electron chi connectivity index (χ3n) is 2.90. The molecular weight excluding hydrogens is 272 g/mol. The molecule has 0 radical (unpaired) electrons. The van der Waals surface area contributed by atoms with Gasteiger partial charge in [-0.3, -0.25) is 0 Å². The van der Waals surface area contributed by atoms with Crippen LogP contribution >= 0.6 is 27.5 Å². The highest BCUT2D eigenvalue weighted by Crippen LogP contribution is 2.24. The minimum Gasteiger partial charge on any atom is -0.0884 e. The molecule has 1 atom stereocenters. The van der Waals surface area contributed by atoms with Crippen LogP contribution in [0, 0.1) is 5.92 Å². The molecule has 0 spiro atoms. The summed E-state index contributed by atoms with van der Waals surface area (Å²) >= 11 is 9.64. The lowest BCUT2D eigenvalue weighted by atomic mass is 9.95. The quantitative estimate of drug-likeness (QED) is 0.663. The molecule has 0 bridgehead atoms. The highest BCUT2D eigenvalue weighted by molar-refractivity contribution is 9.09. The van der Waals surface area contributed by atoms with Gasteiger partial charge < -0.3 is 0 Å². The third-order valence-corrected chi connectivity index (χ3v) is 4.23. The Hall–Kier alpha value is -0.0100. The molecule has 1 unspecified atom stereocenters. The van der Waals surface area contributed by atoms with Crippen molar-refractivity contribution >= 4 is 27.5 Å². The first-order chi connectivity index (χ1) is 7.17. The molecule has 0 nitrogen and oxygen atoms in total. The molecule has 0 aliphatic rings. The standard InChI is InChI=1S/C13H18BrCl/c1-3-11(4-2)13(14)9-10-5-7-12(15)8-6-10/h5-8,11,13H,3-4,9H2,1-2H3. The molecule has 0 saturated carbocycles. The van der Waals surface area contributed by atoms with Gasteiger partial charge in [0.2, 0.25) is 0 Å². The Morgan fingerprint density at radius 2 is 1.67 bits per heavy atom. The van der Waals surface area contributed by atoms with E-state index in [9.17, 15) is 0 Å². The first-order valence-corrected chi connectivity index (χ1v) is 6.85. The van der Waals surface area contributed by atoms with Crippen molar-refractivity contribution < 1.29 is 0 Å². The third kappa shape index (κ3) is 4.16. The highest BCUT2D eigenvalue weighted by Gasteiger charge is 2.15. The van der Waals surface area contributed by atoms with Gasteiger partial charge in [0, 0.05) is 9.85 Å². The second kappa shape index (κ2) is 6.55. The van der Waals surface area contributed by atoms with E-state index in [-0.39, 0.29) is 0 Å². The predicted molar refractivity (Wildman–Crippen MR) is 71.9 cm³/mol. The van der Waals surface area contributed by atoms with Crippen molar-refractivity contribution in [3.8, 4) is 0 Å². The lowest BCUT2D eigenvalue weighted by Crippen LogP contribution is -2.15. The van der Waals surface area contributed by atoms with Crippen molar-refractivity contribution in [1.82, 2.24) is 0 Å². The fourth-order valence-electron chi connectivity index (χ4n) is 1.81. The average Bonchev–Trinajstić information content (AvgIpc) is 2.23. The van der Waals surface area contributed by atoms with Crippen molar-refractivity contribution in [2.24, 2.45) is 5.92 Å². The van der Waals surface area contributed by atoms with Gasteiger partial charge in [0.15, 0.2) is 0 Å². The summed E-state index contributed by atoms with van der Waals surface area (Å²) in [5.74, 6) is 0.765. The molecule has 84 valence electrons. The number of hydrogen-bond acceptors (Lipinski definition) is 0. The maximum absolute atomic E-state index is 5.85. The zero-order chi connectivity index (χ0) is 11.3. The molecule has 0 aliphatic carbocycles. The molecule has 2 heteroatoms. The van der Waals surface area contributed by atoms with Crippen molar-refractivity contribution in [3.63, 3.8) is 0 Å². The average molecular weight is 290 g/mol. The first kappa shape index (κ1) is 13.1. The van der Waals surface area contributed by atoms with Crippen LogP contribution in [0.5, 0.6) is 0 Å². The predicted octanol–water partition coefficient (Wildman–Crippen LogP) is 5.08. The van der Waals surface area contributed by atoms with Crippen LogP contribution in [0.25, 0.3) is 0 Å². The van der Waals surface area contributed by atoms with Gasteiger partial charge in [0.25, 0.3) is 0 Å². The molecule has 0 aromatic heterocycles. The van der Waals surface area contributed by atoms with Crippen LogP contribution in [0.2, 0.25) is 5.02 Å². The van der Waals surface area contributed by atoms with Gasteiger partial charge >= 0.3 is 0 Å². The lowest BCUT2D eigenvalue weighted by molar-refractivity contribution is 0.475. The van der Waals surface area contributed by atoms with Crippen LogP contribution in [0.1, 0.15) is 32.3 Å². The van der Waals surface area contributed by atoms with E-state index in [4.69, 9.17) is 11.6 Å². The molecule has 0 aliphatic heterocycles. The maximum atomic E-state index is 5.85. The Kier molecular flexibility index (Phi) is 5.70. The van der Waals surface area contributed by atoms with Gasteiger partial charge in [-0.2, -0.15) is 0 Å². The van der Waals surface area contributed by atoms with Gasteiger partial charge in [-0.15, -0.1) is 0 Å². The minimum absolute atomic E-state index is 0.577. The van der Waals surface area contributed by atoms with Gasteiger partial charge in [0.05, 0.1) is 0 Å². The molecule has 1 aromatic carbocycles. The van der Waals surface area contributed by atoms with Crippen LogP contribution < -0.4 is 0 Å². The summed E-state index contributed by atoms with van der Waals surface area (Å²) in [6.07, 6.45) is 3.56. The number of rotatable bonds is 5. The first-order valence-electron chi connectivity index (χ1n) is 5.55. The van der Waals surface area contributed by atoms with Gasteiger partial charge in [-0.05, 0) is 30.0 Å². The summed E-state index contributed by atoms with van der Waals surface area (Å²) in [7, 11) is 0. The Bertz CT molecular complexity index is 277. The lowest BCUT2D eigenvalue weighted by Gasteiger charge is -2.19. The monoisotopic (exact) mass is 288 g/mol. The SMILES string of the molecule is CCC(CC)C(Br)Cc1ccc(Cl)cc1. The van der Waals surface area contributed by atoms with Gasteiger partial charge in [0.1, 0.15) is 0 Å². The molecule has 0 heterocycles. The van der Waals surface area contributed by atoms with E-state index in [2.05, 4.69) is 41.9 Å². The summed E-state index contributed by atoms with van der Waals surface area (Å²) in [6.45, 7) is 4.51. The smallest absolute Gasteiger partial charge is 0.0406 e. The number of benzene rings is 1. The summed E-state index contributed by atoms with van der Waals surface area (Å²) in [4.78, 5) is 0.577. The van der Waals surface area contributed by atoms with E-state index in [1.165, 1.54) is 18.4 Å². The molecule has 15 heavy (non-hydrogen) atoms. The molecule has 1 rings (SSSR count). The second-order valence-electron chi connectivity index (χ2n) is 3.92. The van der Waals surface area contributed by atoms with Crippen LogP contribution in [0.3, 0.4) is 0 Å². The fraction of sp³-hybridized carbons (Fsp3) is 0.538. The Morgan fingerprint density at radius 3 is 2.13 bits per heavy atom. The van der Waals surface area contributed by atoms with E-state index in [0.29, 0.717) is 4.83 Å². The molecule has 1 aromatic rings. The normalized spacial score (nSPS) is 13.1. The van der Waals surface area contributed by atoms with Gasteiger partial charge in [-0.1, -0.05) is 66.4 Å². The van der Waals surface area contributed by atoms with E-state index >= 15 is 0 Å². The molecule has 0 saturated heterocycles. The molecular formula is C13H18BrCl. The van der Waals surface area contributed by atoms with Crippen molar-refractivity contribution in [2.75, 3.05) is 0 Å². The largest absolute Gasteiger partial charge is 0.0884 e. The Labute approximate surface area is 106 Å². The fourth-order valence-corrected chi connectivity index (χ4v) is 3.06. The summed E-state index contributed by atoms with van der Waals surface area (Å²) in [5, 5.41) is 0.812. The zero-order valence-electron chi connectivity index (χ0n) is 9.34. The van der Waals surface area contributed by atoms with Crippen molar-refractivity contribution in [2.45, 2.75) is 37.9 Å². The van der Waals surface area contributed by atoms with Crippen LogP contribution in [-0.4, -0.2) is 4.83 Å². The molecule has 0 fully saturated rings. The van der Waals surface area contributed by atoms with E-state index in [1.807, 2.05) is 12.1 Å². The summed E-state index contributed by atoms with van der Waals surface area (Å²) in [6, 6.07) is 8.14. The number of hydrogen-bond donors (Lipinski definition) is 0. The summed E-state index contributed by atoms with van der Waals surface area (Å²) < 4.78 is 0. The Morgan fingerprint density at radius 1 is 1.13 bits per heavy atom. The van der Waals surface area contributed by atoms with Crippen LogP contribution in [-0.2, 0) is 6.42 Å². The number of alkyl halides is 1. The van der Waals surface area contributed by atoms with Crippen molar-refractivity contribution in [3.05, 3.63) is 34.9 Å².